The van der Waals surface area contributed by atoms with E-state index >= 15 is 0 Å². The standard InChI is InChI=1S/C11H17N5S2/c1-9-4-7-17-10(9)8-12-5-3-6-18-11-13-14-15-16(11)2/h4,7,12H,3,5-6,8H2,1-2H3/p+1. The van der Waals surface area contributed by atoms with E-state index in [9.17, 15) is 0 Å². The molecule has 0 atom stereocenters. The summed E-state index contributed by atoms with van der Waals surface area (Å²) in [6.45, 7) is 4.42. The molecule has 98 valence electrons. The number of nitrogens with two attached hydrogens (primary N) is 1. The van der Waals surface area contributed by atoms with Gasteiger partial charge in [-0.1, -0.05) is 11.8 Å². The van der Waals surface area contributed by atoms with Gasteiger partial charge in [0, 0.05) is 19.2 Å². The van der Waals surface area contributed by atoms with Gasteiger partial charge in [0.15, 0.2) is 0 Å². The lowest BCUT2D eigenvalue weighted by molar-refractivity contribution is -0.669. The molecule has 0 fully saturated rings. The molecule has 0 saturated carbocycles. The summed E-state index contributed by atoms with van der Waals surface area (Å²) >= 11 is 3.56. The van der Waals surface area contributed by atoms with Gasteiger partial charge in [-0.3, -0.25) is 0 Å². The van der Waals surface area contributed by atoms with Crippen LogP contribution in [0.25, 0.3) is 0 Å². The van der Waals surface area contributed by atoms with Gasteiger partial charge >= 0.3 is 0 Å². The minimum Gasteiger partial charge on any atom is -0.342 e. The van der Waals surface area contributed by atoms with Gasteiger partial charge in [-0.25, -0.2) is 4.68 Å². The average molecular weight is 284 g/mol. The summed E-state index contributed by atoms with van der Waals surface area (Å²) in [4.78, 5) is 1.49. The molecule has 2 N–H and O–H groups in total. The second-order valence-electron chi connectivity index (χ2n) is 4.10. The molecule has 0 saturated heterocycles. The van der Waals surface area contributed by atoms with Gasteiger partial charge < -0.3 is 5.32 Å². The molecule has 2 rings (SSSR count). The van der Waals surface area contributed by atoms with Crippen LogP contribution in [0.15, 0.2) is 16.6 Å². The van der Waals surface area contributed by atoms with Crippen LogP contribution < -0.4 is 5.32 Å². The molecule has 0 bridgehead atoms. The Morgan fingerprint density at radius 2 is 2.39 bits per heavy atom. The van der Waals surface area contributed by atoms with E-state index < -0.39 is 0 Å². The van der Waals surface area contributed by atoms with Crippen molar-refractivity contribution in [3.63, 3.8) is 0 Å². The van der Waals surface area contributed by atoms with Crippen LogP contribution in [-0.4, -0.2) is 32.5 Å². The van der Waals surface area contributed by atoms with Crippen molar-refractivity contribution in [2.24, 2.45) is 7.05 Å². The van der Waals surface area contributed by atoms with Crippen LogP contribution in [0.1, 0.15) is 16.9 Å². The Balaban J connectivity index is 1.57. The molecule has 2 heterocycles. The Labute approximate surface area is 115 Å². The first kappa shape index (κ1) is 13.5. The zero-order chi connectivity index (χ0) is 12.8. The van der Waals surface area contributed by atoms with E-state index in [0.29, 0.717) is 0 Å². The smallest absolute Gasteiger partial charge is 0.209 e. The highest BCUT2D eigenvalue weighted by Gasteiger charge is 2.03. The topological polar surface area (TPSA) is 60.2 Å². The quantitative estimate of drug-likeness (QED) is 0.604. The number of rotatable bonds is 7. The molecule has 5 nitrogen and oxygen atoms in total. The maximum Gasteiger partial charge on any atom is 0.209 e. The minimum atomic E-state index is 0.893. The first-order chi connectivity index (χ1) is 8.77. The molecule has 2 aromatic heterocycles. The van der Waals surface area contributed by atoms with Crippen molar-refractivity contribution in [1.29, 1.82) is 0 Å². The summed E-state index contributed by atoms with van der Waals surface area (Å²) in [5.41, 5.74) is 1.41. The van der Waals surface area contributed by atoms with E-state index in [-0.39, 0.29) is 0 Å². The molecule has 0 aliphatic rings. The Morgan fingerprint density at radius 1 is 1.50 bits per heavy atom. The lowest BCUT2D eigenvalue weighted by atomic mass is 10.3. The molecule has 0 radical (unpaired) electrons. The molecule has 2 aromatic rings. The number of hydrogen-bond donors (Lipinski definition) is 1. The van der Waals surface area contributed by atoms with Crippen LogP contribution in [0.5, 0.6) is 0 Å². The summed E-state index contributed by atoms with van der Waals surface area (Å²) in [6.07, 6.45) is 1.17. The van der Waals surface area contributed by atoms with E-state index in [1.807, 2.05) is 18.4 Å². The summed E-state index contributed by atoms with van der Waals surface area (Å²) < 4.78 is 1.71. The molecule has 0 aromatic carbocycles. The number of thiophene rings is 1. The Morgan fingerprint density at radius 3 is 3.06 bits per heavy atom. The predicted octanol–water partition coefficient (Wildman–Crippen LogP) is 0.826. The van der Waals surface area contributed by atoms with Crippen LogP contribution in [0.4, 0.5) is 0 Å². The fourth-order valence-electron chi connectivity index (χ4n) is 1.58. The molecular formula is C11H18N5S2+. The average Bonchev–Trinajstić information content (AvgIpc) is 2.94. The molecule has 0 aliphatic carbocycles. The zero-order valence-electron chi connectivity index (χ0n) is 10.7. The monoisotopic (exact) mass is 284 g/mol. The lowest BCUT2D eigenvalue weighted by Crippen LogP contribution is -2.82. The van der Waals surface area contributed by atoms with Crippen molar-refractivity contribution >= 4 is 23.1 Å². The van der Waals surface area contributed by atoms with Gasteiger partial charge in [-0.15, -0.1) is 16.4 Å². The van der Waals surface area contributed by atoms with Crippen molar-refractivity contribution in [1.82, 2.24) is 20.2 Å². The molecule has 0 amide bonds. The van der Waals surface area contributed by atoms with Crippen molar-refractivity contribution in [2.75, 3.05) is 12.3 Å². The van der Waals surface area contributed by atoms with E-state index in [4.69, 9.17) is 0 Å². The molecule has 7 heteroatoms. The Kier molecular flexibility index (Phi) is 5.15. The van der Waals surface area contributed by atoms with Gasteiger partial charge in [0.05, 0.1) is 11.4 Å². The zero-order valence-corrected chi connectivity index (χ0v) is 12.3. The maximum absolute atomic E-state index is 3.94. The van der Waals surface area contributed by atoms with Crippen LogP contribution in [0, 0.1) is 6.92 Å². The van der Waals surface area contributed by atoms with Gasteiger partial charge in [0.2, 0.25) is 5.16 Å². The molecule has 0 unspecified atom stereocenters. The summed E-state index contributed by atoms with van der Waals surface area (Å²) in [5.74, 6) is 1.06. The molecule has 18 heavy (non-hydrogen) atoms. The summed E-state index contributed by atoms with van der Waals surface area (Å²) in [5, 5.41) is 16.8. The highest BCUT2D eigenvalue weighted by molar-refractivity contribution is 7.99. The summed E-state index contributed by atoms with van der Waals surface area (Å²) in [7, 11) is 1.87. The number of thioether (sulfide) groups is 1. The molecule has 0 spiro atoms. The van der Waals surface area contributed by atoms with Crippen molar-refractivity contribution < 1.29 is 5.32 Å². The van der Waals surface area contributed by atoms with Crippen molar-refractivity contribution in [3.8, 4) is 0 Å². The van der Waals surface area contributed by atoms with Crippen molar-refractivity contribution in [2.45, 2.75) is 25.0 Å². The lowest BCUT2D eigenvalue weighted by Gasteiger charge is -2.01. The van der Waals surface area contributed by atoms with E-state index in [2.05, 4.69) is 39.2 Å². The highest BCUT2D eigenvalue weighted by Crippen LogP contribution is 2.14. The normalized spacial score (nSPS) is 11.0. The van der Waals surface area contributed by atoms with Crippen LogP contribution >= 0.6 is 23.1 Å². The number of aromatic nitrogens is 4. The number of aryl methyl sites for hydroxylation is 2. The number of nitrogens with zero attached hydrogens (tertiary/aromatic N) is 4. The fourth-order valence-corrected chi connectivity index (χ4v) is 3.30. The van der Waals surface area contributed by atoms with E-state index in [1.165, 1.54) is 16.9 Å². The summed E-state index contributed by atoms with van der Waals surface area (Å²) in [6, 6.07) is 2.19. The number of hydrogen-bond acceptors (Lipinski definition) is 5. The van der Waals surface area contributed by atoms with Crippen molar-refractivity contribution in [3.05, 3.63) is 21.9 Å². The third-order valence-corrected chi connectivity index (χ3v) is 4.81. The Hall–Kier alpha value is -0.920. The second-order valence-corrected chi connectivity index (χ2v) is 6.16. The van der Waals surface area contributed by atoms with Crippen LogP contribution in [0.2, 0.25) is 0 Å². The third-order valence-electron chi connectivity index (χ3n) is 2.66. The van der Waals surface area contributed by atoms with Gasteiger partial charge in [-0.2, -0.15) is 0 Å². The maximum atomic E-state index is 3.94. The predicted molar refractivity (Wildman–Crippen MR) is 73.7 cm³/mol. The first-order valence-corrected chi connectivity index (χ1v) is 7.83. The number of quaternary nitrogens is 1. The van der Waals surface area contributed by atoms with Gasteiger partial charge in [-0.05, 0) is 34.4 Å². The van der Waals surface area contributed by atoms with Gasteiger partial charge in [0.25, 0.3) is 0 Å². The van der Waals surface area contributed by atoms with Crippen LogP contribution in [-0.2, 0) is 13.6 Å². The first-order valence-electron chi connectivity index (χ1n) is 5.97. The number of tetrazole rings is 1. The highest BCUT2D eigenvalue weighted by atomic mass is 32.2. The van der Waals surface area contributed by atoms with E-state index in [0.717, 1.165) is 24.0 Å². The largest absolute Gasteiger partial charge is 0.342 e. The van der Waals surface area contributed by atoms with E-state index in [1.54, 1.807) is 16.4 Å². The SMILES string of the molecule is Cc1ccsc1C[NH2+]CCCSc1nnnn1C. The second kappa shape index (κ2) is 6.86. The van der Waals surface area contributed by atoms with Gasteiger partial charge in [0.1, 0.15) is 6.54 Å². The molecule has 0 aliphatic heterocycles. The Bertz CT molecular complexity index is 435. The third kappa shape index (κ3) is 3.79. The minimum absolute atomic E-state index is 0.893. The molecular weight excluding hydrogens is 266 g/mol. The van der Waals surface area contributed by atoms with Crippen LogP contribution in [0.3, 0.4) is 0 Å². The fraction of sp³-hybridized carbons (Fsp3) is 0.545.